The van der Waals surface area contributed by atoms with E-state index >= 15 is 0 Å². The lowest BCUT2D eigenvalue weighted by Crippen LogP contribution is -1.87. The summed E-state index contributed by atoms with van der Waals surface area (Å²) in [7, 11) is 0. The molecule has 80 valence electrons. The van der Waals surface area contributed by atoms with E-state index in [4.69, 9.17) is 5.73 Å². The normalized spacial score (nSPS) is 9.27. The third-order valence-corrected chi connectivity index (χ3v) is 1.58. The van der Waals surface area contributed by atoms with Crippen LogP contribution in [-0.4, -0.2) is 15.1 Å². The summed E-state index contributed by atoms with van der Waals surface area (Å²) in [6, 6.07) is 3.80. The lowest BCUT2D eigenvalue weighted by molar-refractivity contribution is 0.436. The van der Waals surface area contributed by atoms with Gasteiger partial charge in [0.15, 0.2) is 0 Å². The van der Waals surface area contributed by atoms with Crippen LogP contribution in [-0.2, 0) is 0 Å². The first-order valence-corrected chi connectivity index (χ1v) is 4.78. The first kappa shape index (κ1) is 11.2. The van der Waals surface area contributed by atoms with Crippen molar-refractivity contribution in [1.29, 1.82) is 0 Å². The first-order chi connectivity index (χ1) is 7.25. The summed E-state index contributed by atoms with van der Waals surface area (Å²) < 4.78 is 4.63. The number of nitrogens with zero attached hydrogens (tertiary/aromatic N) is 3. The molecule has 0 fully saturated rings. The van der Waals surface area contributed by atoms with Gasteiger partial charge in [0.1, 0.15) is 5.69 Å². The van der Waals surface area contributed by atoms with Crippen LogP contribution < -0.4 is 5.73 Å². The van der Waals surface area contributed by atoms with Crippen molar-refractivity contribution in [2.24, 2.45) is 0 Å². The Labute approximate surface area is 88.3 Å². The zero-order valence-corrected chi connectivity index (χ0v) is 9.06. The minimum absolute atomic E-state index is 0.0531. The number of aryl methyl sites for hydroxylation is 1. The van der Waals surface area contributed by atoms with Crippen LogP contribution in [0.4, 0.5) is 6.01 Å². The van der Waals surface area contributed by atoms with Gasteiger partial charge < -0.3 is 10.3 Å². The molecule has 2 N–H and O–H groups in total. The predicted molar refractivity (Wildman–Crippen MR) is 58.0 cm³/mol. The number of rotatable bonds is 1. The fourth-order valence-electron chi connectivity index (χ4n) is 0.939. The maximum absolute atomic E-state index is 5.28. The van der Waals surface area contributed by atoms with Crippen molar-refractivity contribution >= 4 is 6.01 Å². The molecule has 0 amide bonds. The summed E-state index contributed by atoms with van der Waals surface area (Å²) in [4.78, 5) is 7.97. The van der Waals surface area contributed by atoms with Crippen molar-refractivity contribution < 1.29 is 4.52 Å². The Morgan fingerprint density at radius 1 is 1.27 bits per heavy atom. The molecule has 0 bridgehead atoms. The second kappa shape index (κ2) is 5.09. The van der Waals surface area contributed by atoms with Crippen LogP contribution in [0.1, 0.15) is 19.4 Å². The van der Waals surface area contributed by atoms with Crippen LogP contribution in [0.2, 0.25) is 0 Å². The summed E-state index contributed by atoms with van der Waals surface area (Å²) >= 11 is 0. The van der Waals surface area contributed by atoms with E-state index in [1.165, 1.54) is 0 Å². The van der Waals surface area contributed by atoms with Gasteiger partial charge in [0.05, 0.1) is 0 Å². The number of nitrogen functional groups attached to an aromatic ring is 1. The Bertz CT molecular complexity index is 408. The van der Waals surface area contributed by atoms with E-state index in [-0.39, 0.29) is 6.01 Å². The Balaban J connectivity index is 0.000000531. The molecule has 0 atom stereocenters. The highest BCUT2D eigenvalue weighted by atomic mass is 16.5. The minimum Gasteiger partial charge on any atom is -0.351 e. The van der Waals surface area contributed by atoms with E-state index in [1.54, 1.807) is 6.20 Å². The molecular formula is C10H14N4O. The van der Waals surface area contributed by atoms with Crippen molar-refractivity contribution in [2.45, 2.75) is 20.8 Å². The molecule has 2 heterocycles. The van der Waals surface area contributed by atoms with Crippen molar-refractivity contribution in [1.82, 2.24) is 15.1 Å². The first-order valence-electron chi connectivity index (χ1n) is 4.78. The molecule has 2 rings (SSSR count). The van der Waals surface area contributed by atoms with E-state index < -0.39 is 0 Å². The number of pyridine rings is 1. The lowest BCUT2D eigenvalue weighted by atomic mass is 10.3. The van der Waals surface area contributed by atoms with Gasteiger partial charge in [0, 0.05) is 6.20 Å². The van der Waals surface area contributed by atoms with Gasteiger partial charge in [0.25, 0.3) is 0 Å². The van der Waals surface area contributed by atoms with Crippen molar-refractivity contribution in [2.75, 3.05) is 5.73 Å². The minimum atomic E-state index is 0.0531. The van der Waals surface area contributed by atoms with Gasteiger partial charge in [-0.25, -0.2) is 0 Å². The highest BCUT2D eigenvalue weighted by Gasteiger charge is 2.05. The Kier molecular flexibility index (Phi) is 3.79. The van der Waals surface area contributed by atoms with Gasteiger partial charge >= 0.3 is 6.01 Å². The molecule has 0 radical (unpaired) electrons. The molecule has 0 aliphatic carbocycles. The number of nitrogens with two attached hydrogens (primary N) is 1. The summed E-state index contributed by atoms with van der Waals surface area (Å²) in [5, 5.41) is 3.64. The summed E-state index contributed by atoms with van der Waals surface area (Å²) in [6.45, 7) is 5.96. The Morgan fingerprint density at radius 3 is 2.47 bits per heavy atom. The number of hydrogen-bond donors (Lipinski definition) is 1. The molecule has 5 heteroatoms. The van der Waals surface area contributed by atoms with Crippen molar-refractivity contribution in [3.63, 3.8) is 0 Å². The van der Waals surface area contributed by atoms with Crippen LogP contribution in [0.3, 0.4) is 0 Å². The van der Waals surface area contributed by atoms with Crippen LogP contribution >= 0.6 is 0 Å². The van der Waals surface area contributed by atoms with Gasteiger partial charge in [0.2, 0.25) is 5.82 Å². The van der Waals surface area contributed by atoms with E-state index in [1.807, 2.05) is 32.9 Å². The zero-order chi connectivity index (χ0) is 11.3. The van der Waals surface area contributed by atoms with E-state index in [0.29, 0.717) is 11.5 Å². The average Bonchev–Trinajstić information content (AvgIpc) is 2.69. The fraction of sp³-hybridized carbons (Fsp3) is 0.300. The largest absolute Gasteiger partial charge is 0.351 e. The van der Waals surface area contributed by atoms with Gasteiger partial charge in [-0.1, -0.05) is 25.1 Å². The van der Waals surface area contributed by atoms with Crippen LogP contribution in [0.5, 0.6) is 0 Å². The maximum atomic E-state index is 5.28. The molecule has 5 nitrogen and oxygen atoms in total. The summed E-state index contributed by atoms with van der Waals surface area (Å²) in [5.41, 5.74) is 7.02. The smallest absolute Gasteiger partial charge is 0.319 e. The lowest BCUT2D eigenvalue weighted by Gasteiger charge is -1.92. The number of anilines is 1. The number of hydrogen-bond acceptors (Lipinski definition) is 5. The molecule has 0 aliphatic heterocycles. The van der Waals surface area contributed by atoms with Crippen LogP contribution in [0.25, 0.3) is 11.5 Å². The quantitative estimate of drug-likeness (QED) is 0.772. The van der Waals surface area contributed by atoms with Gasteiger partial charge in [-0.2, -0.15) is 4.98 Å². The molecular weight excluding hydrogens is 192 g/mol. The molecule has 0 saturated heterocycles. The maximum Gasteiger partial charge on any atom is 0.319 e. The average molecular weight is 206 g/mol. The third-order valence-electron chi connectivity index (χ3n) is 1.58. The van der Waals surface area contributed by atoms with E-state index in [2.05, 4.69) is 19.6 Å². The Hall–Kier alpha value is -1.91. The fourth-order valence-corrected chi connectivity index (χ4v) is 0.939. The highest BCUT2D eigenvalue weighted by Crippen LogP contribution is 2.13. The summed E-state index contributed by atoms with van der Waals surface area (Å²) in [6.07, 6.45) is 1.74. The molecule has 0 aromatic carbocycles. The second-order valence-corrected chi connectivity index (χ2v) is 2.68. The van der Waals surface area contributed by atoms with Crippen molar-refractivity contribution in [3.8, 4) is 11.5 Å². The number of aromatic nitrogens is 3. The van der Waals surface area contributed by atoms with E-state index in [0.717, 1.165) is 5.56 Å². The molecule has 2 aromatic heterocycles. The molecule has 0 aliphatic rings. The van der Waals surface area contributed by atoms with Gasteiger partial charge in [-0.15, -0.1) is 0 Å². The topological polar surface area (TPSA) is 77.8 Å². The molecule has 0 spiro atoms. The molecule has 2 aromatic rings. The second-order valence-electron chi connectivity index (χ2n) is 2.68. The predicted octanol–water partition coefficient (Wildman–Crippen LogP) is 2.05. The molecule has 0 saturated carbocycles. The van der Waals surface area contributed by atoms with Gasteiger partial charge in [-0.05, 0) is 18.6 Å². The van der Waals surface area contributed by atoms with Crippen LogP contribution in [0, 0.1) is 6.92 Å². The van der Waals surface area contributed by atoms with E-state index in [9.17, 15) is 0 Å². The molecule has 0 unspecified atom stereocenters. The summed E-state index contributed by atoms with van der Waals surface area (Å²) in [5.74, 6) is 0.414. The zero-order valence-electron chi connectivity index (χ0n) is 9.06. The third kappa shape index (κ3) is 2.77. The monoisotopic (exact) mass is 206 g/mol. The molecule has 15 heavy (non-hydrogen) atoms. The van der Waals surface area contributed by atoms with Crippen molar-refractivity contribution in [3.05, 3.63) is 23.9 Å². The standard InChI is InChI=1S/C8H8N4O.C2H6/c1-5-2-3-6(10-4-5)7-11-8(9)13-12-7;1-2/h2-4H,1H3,(H2,9,11,12);1-2H3. The SMILES string of the molecule is CC.Cc1ccc(-c2noc(N)n2)nc1. The van der Waals surface area contributed by atoms with Crippen LogP contribution in [0.15, 0.2) is 22.9 Å². The Morgan fingerprint density at radius 2 is 2.00 bits per heavy atom. The highest BCUT2D eigenvalue weighted by molar-refractivity contribution is 5.49. The van der Waals surface area contributed by atoms with Gasteiger partial charge in [-0.3, -0.25) is 4.98 Å².